The van der Waals surface area contributed by atoms with Gasteiger partial charge in [0.15, 0.2) is 5.82 Å². The summed E-state index contributed by atoms with van der Waals surface area (Å²) in [6, 6.07) is 0. The second-order valence-corrected chi connectivity index (χ2v) is 4.70. The molecule has 0 saturated heterocycles. The number of alkyl halides is 2. The van der Waals surface area contributed by atoms with Gasteiger partial charge in [0.05, 0.1) is 5.69 Å². The summed E-state index contributed by atoms with van der Waals surface area (Å²) < 4.78 is 27.5. The number of halogens is 2. The largest absolute Gasteiger partial charge is 0.333 e. The maximum Gasteiger partial charge on any atom is 0.302 e. The van der Waals surface area contributed by atoms with Gasteiger partial charge < -0.3 is 4.57 Å². The molecule has 80 valence electrons. The molecular formula is C10H16F2N2. The van der Waals surface area contributed by atoms with Gasteiger partial charge in [0, 0.05) is 25.6 Å². The molecular weight excluding hydrogens is 186 g/mol. The van der Waals surface area contributed by atoms with Gasteiger partial charge in [-0.05, 0) is 0 Å². The molecule has 2 nitrogen and oxygen atoms in total. The van der Waals surface area contributed by atoms with Crippen LogP contribution in [0, 0.1) is 0 Å². The molecule has 0 aliphatic rings. The Labute approximate surface area is 83.0 Å². The van der Waals surface area contributed by atoms with E-state index in [-0.39, 0.29) is 11.2 Å². The molecule has 0 aliphatic carbocycles. The quantitative estimate of drug-likeness (QED) is 0.684. The summed E-state index contributed by atoms with van der Waals surface area (Å²) in [7, 11) is 1.59. The SMILES string of the molecule is Cn1cc(C(C)(C)C)nc1C(C)(F)F. The highest BCUT2D eigenvalue weighted by atomic mass is 19.3. The Morgan fingerprint density at radius 3 is 1.93 bits per heavy atom. The molecule has 0 radical (unpaired) electrons. The van der Waals surface area contributed by atoms with Crippen LogP contribution in [-0.4, -0.2) is 9.55 Å². The first-order valence-corrected chi connectivity index (χ1v) is 4.54. The van der Waals surface area contributed by atoms with E-state index >= 15 is 0 Å². The Bertz CT molecular complexity index is 329. The lowest BCUT2D eigenvalue weighted by Gasteiger charge is -2.14. The van der Waals surface area contributed by atoms with E-state index in [9.17, 15) is 8.78 Å². The topological polar surface area (TPSA) is 17.8 Å². The third-order valence-corrected chi connectivity index (χ3v) is 2.04. The number of hydrogen-bond donors (Lipinski definition) is 0. The van der Waals surface area contributed by atoms with Crippen LogP contribution < -0.4 is 0 Å². The molecule has 0 N–H and O–H groups in total. The molecule has 1 rings (SSSR count). The van der Waals surface area contributed by atoms with E-state index in [0.29, 0.717) is 5.69 Å². The number of aromatic nitrogens is 2. The van der Waals surface area contributed by atoms with Crippen molar-refractivity contribution in [1.82, 2.24) is 9.55 Å². The summed E-state index contributed by atoms with van der Waals surface area (Å²) in [5, 5.41) is 0. The van der Waals surface area contributed by atoms with Crippen molar-refractivity contribution in [3.63, 3.8) is 0 Å². The van der Waals surface area contributed by atoms with Crippen LogP contribution in [0.4, 0.5) is 8.78 Å². The number of rotatable bonds is 1. The minimum Gasteiger partial charge on any atom is -0.333 e. The van der Waals surface area contributed by atoms with E-state index in [2.05, 4.69) is 4.98 Å². The van der Waals surface area contributed by atoms with E-state index in [1.54, 1.807) is 13.2 Å². The van der Waals surface area contributed by atoms with Crippen LogP contribution in [0.3, 0.4) is 0 Å². The Hall–Kier alpha value is -0.930. The molecule has 1 heterocycles. The van der Waals surface area contributed by atoms with E-state index in [4.69, 9.17) is 0 Å². The van der Waals surface area contributed by atoms with Gasteiger partial charge in [-0.15, -0.1) is 0 Å². The summed E-state index contributed by atoms with van der Waals surface area (Å²) in [6.45, 7) is 6.72. The standard InChI is InChI=1S/C10H16F2N2/c1-9(2,3)7-6-14(5)8(13-7)10(4,11)12/h6H,1-5H3. The van der Waals surface area contributed by atoms with Crippen LogP contribution >= 0.6 is 0 Å². The number of hydrogen-bond acceptors (Lipinski definition) is 1. The van der Waals surface area contributed by atoms with Crippen LogP contribution in [0.15, 0.2) is 6.20 Å². The highest BCUT2D eigenvalue weighted by molar-refractivity contribution is 5.15. The van der Waals surface area contributed by atoms with Crippen molar-refractivity contribution in [1.29, 1.82) is 0 Å². The molecule has 1 aromatic rings. The van der Waals surface area contributed by atoms with E-state index in [0.717, 1.165) is 6.92 Å². The fraction of sp³-hybridized carbons (Fsp3) is 0.700. The van der Waals surface area contributed by atoms with Crippen molar-refractivity contribution < 1.29 is 8.78 Å². The Morgan fingerprint density at radius 1 is 1.21 bits per heavy atom. The van der Waals surface area contributed by atoms with Crippen LogP contribution in [0.5, 0.6) is 0 Å². The van der Waals surface area contributed by atoms with Gasteiger partial charge in [0.1, 0.15) is 0 Å². The maximum absolute atomic E-state index is 13.0. The first-order chi connectivity index (χ1) is 6.12. The lowest BCUT2D eigenvalue weighted by atomic mass is 9.93. The maximum atomic E-state index is 13.0. The van der Waals surface area contributed by atoms with Gasteiger partial charge in [-0.25, -0.2) is 4.98 Å². The lowest BCUT2D eigenvalue weighted by Crippen LogP contribution is -2.15. The zero-order valence-corrected chi connectivity index (χ0v) is 9.23. The second kappa shape index (κ2) is 3.04. The molecule has 0 aromatic carbocycles. The fourth-order valence-corrected chi connectivity index (χ4v) is 1.24. The van der Waals surface area contributed by atoms with Crippen LogP contribution in [0.25, 0.3) is 0 Å². The first kappa shape index (κ1) is 11.1. The molecule has 1 aromatic heterocycles. The number of aryl methyl sites for hydroxylation is 1. The molecule has 4 heteroatoms. The van der Waals surface area contributed by atoms with Crippen molar-refractivity contribution in [3.05, 3.63) is 17.7 Å². The van der Waals surface area contributed by atoms with Gasteiger partial charge in [-0.3, -0.25) is 0 Å². The van der Waals surface area contributed by atoms with Gasteiger partial charge >= 0.3 is 5.92 Å². The van der Waals surface area contributed by atoms with Crippen LogP contribution in [-0.2, 0) is 18.4 Å². The van der Waals surface area contributed by atoms with Gasteiger partial charge in [-0.1, -0.05) is 20.8 Å². The number of imidazole rings is 1. The van der Waals surface area contributed by atoms with Crippen LogP contribution in [0.1, 0.15) is 39.2 Å². The van der Waals surface area contributed by atoms with Crippen molar-refractivity contribution in [2.45, 2.75) is 39.0 Å². The van der Waals surface area contributed by atoms with E-state index < -0.39 is 5.92 Å². The van der Waals surface area contributed by atoms with Crippen molar-refractivity contribution >= 4 is 0 Å². The molecule has 0 saturated carbocycles. The summed E-state index contributed by atoms with van der Waals surface area (Å²) in [5.74, 6) is -3.06. The molecule has 0 fully saturated rings. The molecule has 0 spiro atoms. The highest BCUT2D eigenvalue weighted by Crippen LogP contribution is 2.29. The minimum absolute atomic E-state index is 0.178. The molecule has 0 bridgehead atoms. The molecule has 0 atom stereocenters. The van der Waals surface area contributed by atoms with Crippen LogP contribution in [0.2, 0.25) is 0 Å². The lowest BCUT2D eigenvalue weighted by molar-refractivity contribution is 0.00489. The zero-order chi connectivity index (χ0) is 11.1. The predicted octanol–water partition coefficient (Wildman–Crippen LogP) is 2.83. The molecule has 0 unspecified atom stereocenters. The summed E-state index contributed by atoms with van der Waals surface area (Å²) in [4.78, 5) is 3.97. The summed E-state index contributed by atoms with van der Waals surface area (Å²) in [6.07, 6.45) is 1.66. The van der Waals surface area contributed by atoms with E-state index in [1.807, 2.05) is 20.8 Å². The monoisotopic (exact) mass is 202 g/mol. The number of nitrogens with zero attached hydrogens (tertiary/aromatic N) is 2. The average molecular weight is 202 g/mol. The summed E-state index contributed by atoms with van der Waals surface area (Å²) >= 11 is 0. The predicted molar refractivity (Wildman–Crippen MR) is 51.5 cm³/mol. The molecule has 14 heavy (non-hydrogen) atoms. The fourth-order valence-electron chi connectivity index (χ4n) is 1.24. The molecule has 0 amide bonds. The highest BCUT2D eigenvalue weighted by Gasteiger charge is 2.31. The third kappa shape index (κ3) is 2.11. The van der Waals surface area contributed by atoms with Crippen molar-refractivity contribution in [2.24, 2.45) is 7.05 Å². The normalized spacial score (nSPS) is 13.4. The first-order valence-electron chi connectivity index (χ1n) is 4.54. The van der Waals surface area contributed by atoms with Gasteiger partial charge in [0.2, 0.25) is 0 Å². The Kier molecular flexibility index (Phi) is 2.42. The van der Waals surface area contributed by atoms with Crippen molar-refractivity contribution in [3.8, 4) is 0 Å². The zero-order valence-electron chi connectivity index (χ0n) is 9.23. The smallest absolute Gasteiger partial charge is 0.302 e. The van der Waals surface area contributed by atoms with E-state index in [1.165, 1.54) is 4.57 Å². The second-order valence-electron chi connectivity index (χ2n) is 4.70. The Morgan fingerprint density at radius 2 is 1.71 bits per heavy atom. The molecule has 0 aliphatic heterocycles. The van der Waals surface area contributed by atoms with Gasteiger partial charge in [-0.2, -0.15) is 8.78 Å². The minimum atomic E-state index is -2.88. The Balaban J connectivity index is 3.19. The van der Waals surface area contributed by atoms with Gasteiger partial charge in [0.25, 0.3) is 0 Å². The summed E-state index contributed by atoms with van der Waals surface area (Å²) in [5.41, 5.74) is 0.498. The van der Waals surface area contributed by atoms with Crippen molar-refractivity contribution in [2.75, 3.05) is 0 Å². The third-order valence-electron chi connectivity index (χ3n) is 2.04. The average Bonchev–Trinajstić information content (AvgIpc) is 2.27.